The Morgan fingerprint density at radius 3 is 2.59 bits per heavy atom. The minimum atomic E-state index is -0.426. The smallest absolute Gasteiger partial charge is 0.270 e. The number of rotatable bonds is 3. The summed E-state index contributed by atoms with van der Waals surface area (Å²) in [6, 6.07) is 13.7. The van der Waals surface area contributed by atoms with Crippen molar-refractivity contribution < 1.29 is 10.0 Å². The summed E-state index contributed by atoms with van der Waals surface area (Å²) in [7, 11) is 0. The Bertz CT molecular complexity index is 552. The molecule has 0 spiro atoms. The maximum absolute atomic E-state index is 10.7. The third-order valence-electron chi connectivity index (χ3n) is 2.56. The Labute approximate surface area is 98.3 Å². The number of aliphatic hydroxyl groups is 1. The van der Waals surface area contributed by atoms with Gasteiger partial charge in [0.25, 0.3) is 5.69 Å². The number of nitro groups is 1. The number of nitro benzene ring substituents is 1. The van der Waals surface area contributed by atoms with E-state index in [1.165, 1.54) is 12.1 Å². The van der Waals surface area contributed by atoms with E-state index in [0.29, 0.717) is 0 Å². The van der Waals surface area contributed by atoms with Crippen LogP contribution in [0.3, 0.4) is 0 Å². The molecule has 2 rings (SSSR count). The van der Waals surface area contributed by atoms with Crippen LogP contribution in [0.5, 0.6) is 0 Å². The molecule has 0 unspecified atom stereocenters. The molecule has 0 aromatic heterocycles. The van der Waals surface area contributed by atoms with Gasteiger partial charge in [0.05, 0.1) is 11.5 Å². The summed E-state index contributed by atoms with van der Waals surface area (Å²) in [6.07, 6.45) is 0. The molecule has 0 saturated carbocycles. The van der Waals surface area contributed by atoms with E-state index in [4.69, 9.17) is 0 Å². The van der Waals surface area contributed by atoms with Crippen LogP contribution in [0.2, 0.25) is 0 Å². The number of hydrogen-bond donors (Lipinski definition) is 1. The molecule has 1 N–H and O–H groups in total. The van der Waals surface area contributed by atoms with Crippen LogP contribution in [0, 0.1) is 10.1 Å². The summed E-state index contributed by atoms with van der Waals surface area (Å²) in [5.74, 6) is 0. The summed E-state index contributed by atoms with van der Waals surface area (Å²) in [6.45, 7) is -0.0845. The number of hydrogen-bond acceptors (Lipinski definition) is 3. The molecule has 4 heteroatoms. The molecule has 0 bridgehead atoms. The van der Waals surface area contributed by atoms with Crippen LogP contribution in [0.15, 0.2) is 48.5 Å². The van der Waals surface area contributed by atoms with Crippen molar-refractivity contribution in [2.45, 2.75) is 6.61 Å². The molecule has 0 atom stereocenters. The number of aliphatic hydroxyl groups excluding tert-OH is 1. The summed E-state index contributed by atoms with van der Waals surface area (Å²) in [5, 5.41) is 19.9. The van der Waals surface area contributed by atoms with Crippen LogP contribution in [0.1, 0.15) is 5.56 Å². The molecule has 0 amide bonds. The predicted molar refractivity (Wildman–Crippen MR) is 64.5 cm³/mol. The maximum Gasteiger partial charge on any atom is 0.270 e. The molecule has 4 nitrogen and oxygen atoms in total. The largest absolute Gasteiger partial charge is 0.392 e. The minimum Gasteiger partial charge on any atom is -0.392 e. The Balaban J connectivity index is 2.52. The normalized spacial score (nSPS) is 10.2. The van der Waals surface area contributed by atoms with Crippen molar-refractivity contribution in [2.24, 2.45) is 0 Å². The highest BCUT2D eigenvalue weighted by atomic mass is 16.6. The Morgan fingerprint density at radius 1 is 1.12 bits per heavy atom. The van der Waals surface area contributed by atoms with Crippen molar-refractivity contribution in [2.75, 3.05) is 0 Å². The van der Waals surface area contributed by atoms with E-state index in [9.17, 15) is 15.2 Å². The number of non-ortho nitro benzene ring substituents is 1. The summed E-state index contributed by atoms with van der Waals surface area (Å²) in [5.41, 5.74) is 2.37. The molecule has 0 heterocycles. The quantitative estimate of drug-likeness (QED) is 0.650. The first-order valence-electron chi connectivity index (χ1n) is 5.16. The van der Waals surface area contributed by atoms with Crippen molar-refractivity contribution in [1.82, 2.24) is 0 Å². The van der Waals surface area contributed by atoms with Crippen LogP contribution < -0.4 is 0 Å². The molecule has 0 aliphatic heterocycles. The average Bonchev–Trinajstić information content (AvgIpc) is 2.39. The molecule has 0 aliphatic rings. The second-order valence-corrected chi connectivity index (χ2v) is 3.62. The average molecular weight is 229 g/mol. The molecular formula is C13H11NO3. The van der Waals surface area contributed by atoms with Gasteiger partial charge in [-0.05, 0) is 16.7 Å². The predicted octanol–water partition coefficient (Wildman–Crippen LogP) is 2.75. The van der Waals surface area contributed by atoms with Gasteiger partial charge in [-0.25, -0.2) is 0 Å². The minimum absolute atomic E-state index is 0.0512. The molecule has 0 aliphatic carbocycles. The maximum atomic E-state index is 10.7. The van der Waals surface area contributed by atoms with Gasteiger partial charge in [0.2, 0.25) is 0 Å². The van der Waals surface area contributed by atoms with Gasteiger partial charge in [0.15, 0.2) is 0 Å². The van der Waals surface area contributed by atoms with Gasteiger partial charge in [-0.1, -0.05) is 36.4 Å². The van der Waals surface area contributed by atoms with Crippen molar-refractivity contribution >= 4 is 5.69 Å². The lowest BCUT2D eigenvalue weighted by Gasteiger charge is -2.06. The first kappa shape index (κ1) is 11.3. The van der Waals surface area contributed by atoms with E-state index in [1.807, 2.05) is 18.2 Å². The Morgan fingerprint density at radius 2 is 1.88 bits per heavy atom. The second kappa shape index (κ2) is 4.76. The molecule has 86 valence electrons. The van der Waals surface area contributed by atoms with E-state index in [-0.39, 0.29) is 12.3 Å². The van der Waals surface area contributed by atoms with Crippen LogP contribution in [-0.4, -0.2) is 10.0 Å². The summed E-state index contributed by atoms with van der Waals surface area (Å²) >= 11 is 0. The van der Waals surface area contributed by atoms with Gasteiger partial charge in [0.1, 0.15) is 0 Å². The fourth-order valence-electron chi connectivity index (χ4n) is 1.73. The third-order valence-corrected chi connectivity index (χ3v) is 2.56. The van der Waals surface area contributed by atoms with Crippen molar-refractivity contribution in [3.63, 3.8) is 0 Å². The number of benzene rings is 2. The third kappa shape index (κ3) is 2.32. The van der Waals surface area contributed by atoms with Gasteiger partial charge in [-0.3, -0.25) is 10.1 Å². The first-order chi connectivity index (χ1) is 8.22. The summed E-state index contributed by atoms with van der Waals surface area (Å²) in [4.78, 5) is 10.3. The van der Waals surface area contributed by atoms with Gasteiger partial charge >= 0.3 is 0 Å². The molecule has 0 radical (unpaired) electrons. The van der Waals surface area contributed by atoms with Gasteiger partial charge in [0, 0.05) is 12.1 Å². The van der Waals surface area contributed by atoms with E-state index in [2.05, 4.69) is 0 Å². The zero-order valence-electron chi connectivity index (χ0n) is 9.04. The van der Waals surface area contributed by atoms with Crippen LogP contribution >= 0.6 is 0 Å². The summed E-state index contributed by atoms with van der Waals surface area (Å²) < 4.78 is 0. The van der Waals surface area contributed by atoms with Gasteiger partial charge in [-0.15, -0.1) is 0 Å². The Hall–Kier alpha value is -2.20. The number of nitrogens with zero attached hydrogens (tertiary/aromatic N) is 1. The van der Waals surface area contributed by atoms with Crippen molar-refractivity contribution in [3.8, 4) is 11.1 Å². The monoisotopic (exact) mass is 229 g/mol. The highest BCUT2D eigenvalue weighted by Gasteiger charge is 2.09. The fourth-order valence-corrected chi connectivity index (χ4v) is 1.73. The lowest BCUT2D eigenvalue weighted by Crippen LogP contribution is -1.91. The second-order valence-electron chi connectivity index (χ2n) is 3.62. The molecule has 2 aromatic rings. The molecule has 0 saturated heterocycles. The van der Waals surface area contributed by atoms with E-state index in [0.717, 1.165) is 16.7 Å². The van der Waals surface area contributed by atoms with Crippen LogP contribution in [0.4, 0.5) is 5.69 Å². The van der Waals surface area contributed by atoms with Gasteiger partial charge in [-0.2, -0.15) is 0 Å². The molecular weight excluding hydrogens is 218 g/mol. The highest BCUT2D eigenvalue weighted by Crippen LogP contribution is 2.26. The Kier molecular flexibility index (Phi) is 3.16. The standard InChI is InChI=1S/C13H11NO3/c15-9-11-4-1-2-7-13(11)10-5-3-6-12(8-10)14(16)17/h1-8,15H,9H2. The molecule has 17 heavy (non-hydrogen) atoms. The van der Waals surface area contributed by atoms with Crippen molar-refractivity contribution in [3.05, 3.63) is 64.2 Å². The SMILES string of the molecule is O=[N+]([O-])c1cccc(-c2ccccc2CO)c1. The van der Waals surface area contributed by atoms with E-state index in [1.54, 1.807) is 18.2 Å². The van der Waals surface area contributed by atoms with E-state index < -0.39 is 4.92 Å². The fraction of sp³-hybridized carbons (Fsp3) is 0.0769. The highest BCUT2D eigenvalue weighted by molar-refractivity contribution is 5.69. The molecule has 0 fully saturated rings. The van der Waals surface area contributed by atoms with E-state index >= 15 is 0 Å². The van der Waals surface area contributed by atoms with Crippen LogP contribution in [-0.2, 0) is 6.61 Å². The zero-order valence-corrected chi connectivity index (χ0v) is 9.04. The van der Waals surface area contributed by atoms with Crippen LogP contribution in [0.25, 0.3) is 11.1 Å². The lowest BCUT2D eigenvalue weighted by molar-refractivity contribution is -0.384. The van der Waals surface area contributed by atoms with Gasteiger partial charge < -0.3 is 5.11 Å². The lowest BCUT2D eigenvalue weighted by atomic mass is 10.00. The molecule has 2 aromatic carbocycles. The van der Waals surface area contributed by atoms with Crippen molar-refractivity contribution in [1.29, 1.82) is 0 Å². The topological polar surface area (TPSA) is 63.4 Å². The zero-order chi connectivity index (χ0) is 12.3. The first-order valence-corrected chi connectivity index (χ1v) is 5.16.